The number of halogens is 2. The fraction of sp³-hybridized carbons (Fsp3) is 0.125. The molecule has 1 heterocycles. The summed E-state index contributed by atoms with van der Waals surface area (Å²) in [5, 5.41) is 11.7. The Morgan fingerprint density at radius 2 is 2.20 bits per heavy atom. The van der Waals surface area contributed by atoms with Crippen LogP contribution in [0.5, 0.6) is 0 Å². The van der Waals surface area contributed by atoms with Gasteiger partial charge in [0.25, 0.3) is 5.91 Å². The van der Waals surface area contributed by atoms with Gasteiger partial charge in [-0.15, -0.1) is 11.3 Å². The third-order valence-corrected chi connectivity index (χ3v) is 4.82. The van der Waals surface area contributed by atoms with Gasteiger partial charge in [0.15, 0.2) is 0 Å². The average molecular weight is 473 g/mol. The predicted molar refractivity (Wildman–Crippen MR) is 103 cm³/mol. The quantitative estimate of drug-likeness (QED) is 0.290. The molecule has 3 aromatic rings. The van der Waals surface area contributed by atoms with E-state index in [0.717, 1.165) is 8.27 Å². The summed E-state index contributed by atoms with van der Waals surface area (Å²) in [4.78, 5) is 21.5. The number of rotatable bonds is 6. The molecule has 0 spiro atoms. The van der Waals surface area contributed by atoms with Gasteiger partial charge in [-0.25, -0.2) is 14.9 Å². The lowest BCUT2D eigenvalue weighted by Gasteiger charge is -2.14. The van der Waals surface area contributed by atoms with Crippen LogP contribution >= 0.6 is 33.9 Å². The molecule has 0 aliphatic carbocycles. The molecule has 3 N–H and O–H groups in total. The first-order valence-corrected chi connectivity index (χ1v) is 9.17. The number of hydroxylamine groups is 1. The number of anilines is 2. The second-order valence-electron chi connectivity index (χ2n) is 4.94. The van der Waals surface area contributed by atoms with Crippen molar-refractivity contribution in [3.05, 3.63) is 50.8 Å². The zero-order valence-electron chi connectivity index (χ0n) is 12.8. The number of aromatic nitrogens is 1. The van der Waals surface area contributed by atoms with E-state index in [2.05, 4.69) is 15.8 Å². The van der Waals surface area contributed by atoms with Gasteiger partial charge in [-0.1, -0.05) is 0 Å². The van der Waals surface area contributed by atoms with Crippen molar-refractivity contribution >= 4 is 61.4 Å². The van der Waals surface area contributed by atoms with Crippen LogP contribution in [0.1, 0.15) is 10.4 Å². The van der Waals surface area contributed by atoms with Crippen LogP contribution in [0.4, 0.5) is 15.8 Å². The molecule has 0 radical (unpaired) electrons. The highest BCUT2D eigenvalue weighted by atomic mass is 127. The van der Waals surface area contributed by atoms with Gasteiger partial charge in [-0.3, -0.25) is 9.63 Å². The number of nitrogens with zero attached hydrogens (tertiary/aromatic N) is 1. The molecule has 0 aliphatic rings. The van der Waals surface area contributed by atoms with Crippen molar-refractivity contribution in [3.63, 3.8) is 0 Å². The van der Waals surface area contributed by atoms with Gasteiger partial charge < -0.3 is 10.4 Å². The number of nitrogens with one attached hydrogen (secondary N) is 2. The zero-order valence-corrected chi connectivity index (χ0v) is 15.7. The van der Waals surface area contributed by atoms with Crippen LogP contribution in [0.25, 0.3) is 10.2 Å². The molecule has 0 unspecified atom stereocenters. The van der Waals surface area contributed by atoms with E-state index >= 15 is 0 Å². The number of carbonyl (C=O) groups is 1. The highest BCUT2D eigenvalue weighted by Gasteiger charge is 2.17. The molecule has 0 aliphatic heterocycles. The van der Waals surface area contributed by atoms with Crippen LogP contribution in [0.15, 0.2) is 35.8 Å². The first kappa shape index (κ1) is 18.0. The Morgan fingerprint density at radius 1 is 1.36 bits per heavy atom. The maximum atomic E-state index is 14.2. The minimum Gasteiger partial charge on any atom is -0.394 e. The summed E-state index contributed by atoms with van der Waals surface area (Å²) in [5.74, 6) is -0.923. The van der Waals surface area contributed by atoms with E-state index in [4.69, 9.17) is 9.94 Å². The summed E-state index contributed by atoms with van der Waals surface area (Å²) in [6.45, 7) is -0.240. The van der Waals surface area contributed by atoms with Crippen molar-refractivity contribution in [2.75, 3.05) is 18.5 Å². The van der Waals surface area contributed by atoms with Crippen molar-refractivity contribution in [1.82, 2.24) is 10.5 Å². The van der Waals surface area contributed by atoms with Gasteiger partial charge in [0.1, 0.15) is 5.82 Å². The number of hydrogen-bond acceptors (Lipinski definition) is 6. The number of aliphatic hydroxyl groups excluding tert-OH is 1. The first-order valence-electron chi connectivity index (χ1n) is 7.21. The van der Waals surface area contributed by atoms with Crippen LogP contribution < -0.4 is 10.8 Å². The fourth-order valence-electron chi connectivity index (χ4n) is 2.18. The number of benzene rings is 2. The Balaban J connectivity index is 2.00. The molecule has 0 saturated heterocycles. The topological polar surface area (TPSA) is 83.5 Å². The number of fused-ring (bicyclic) bond motifs is 1. The SMILES string of the molecule is O=C(NOCCO)c1ccc2ncsc2c1Nc1ccc(I)cc1F. The summed E-state index contributed by atoms with van der Waals surface area (Å²) < 4.78 is 15.7. The number of amides is 1. The van der Waals surface area contributed by atoms with E-state index in [1.807, 2.05) is 22.6 Å². The van der Waals surface area contributed by atoms with Crippen LogP contribution in [0, 0.1) is 9.39 Å². The highest BCUT2D eigenvalue weighted by Crippen LogP contribution is 2.33. The molecule has 0 fully saturated rings. The first-order chi connectivity index (χ1) is 12.1. The molecule has 0 saturated carbocycles. The van der Waals surface area contributed by atoms with E-state index in [1.54, 1.807) is 29.8 Å². The maximum Gasteiger partial charge on any atom is 0.277 e. The molecule has 1 aromatic heterocycles. The molecule has 1 amide bonds. The third kappa shape index (κ3) is 4.06. The monoisotopic (exact) mass is 473 g/mol. The molecular formula is C16H13FIN3O3S. The van der Waals surface area contributed by atoms with Crippen LogP contribution in [0.2, 0.25) is 0 Å². The molecule has 6 nitrogen and oxygen atoms in total. The van der Waals surface area contributed by atoms with Crippen molar-refractivity contribution in [3.8, 4) is 0 Å². The second kappa shape index (κ2) is 8.04. The van der Waals surface area contributed by atoms with Crippen molar-refractivity contribution in [1.29, 1.82) is 0 Å². The van der Waals surface area contributed by atoms with Crippen molar-refractivity contribution in [2.45, 2.75) is 0 Å². The average Bonchev–Trinajstić information content (AvgIpc) is 3.06. The molecule has 130 valence electrons. The van der Waals surface area contributed by atoms with Gasteiger partial charge in [0.05, 0.1) is 45.9 Å². The Kier molecular flexibility index (Phi) is 5.78. The summed E-state index contributed by atoms with van der Waals surface area (Å²) in [7, 11) is 0. The number of hydrogen-bond donors (Lipinski definition) is 3. The fourth-order valence-corrected chi connectivity index (χ4v) is 3.43. The molecule has 2 aromatic carbocycles. The van der Waals surface area contributed by atoms with Crippen molar-refractivity contribution < 1.29 is 19.1 Å². The third-order valence-electron chi connectivity index (χ3n) is 3.29. The predicted octanol–water partition coefficient (Wildman–Crippen LogP) is 3.44. The van der Waals surface area contributed by atoms with Crippen LogP contribution in [0.3, 0.4) is 0 Å². The van der Waals surface area contributed by atoms with Crippen LogP contribution in [-0.2, 0) is 4.84 Å². The van der Waals surface area contributed by atoms with Gasteiger partial charge in [-0.05, 0) is 52.9 Å². The second-order valence-corrected chi connectivity index (χ2v) is 7.04. The van der Waals surface area contributed by atoms with Gasteiger partial charge in [0.2, 0.25) is 0 Å². The Morgan fingerprint density at radius 3 is 2.96 bits per heavy atom. The van der Waals surface area contributed by atoms with E-state index in [1.165, 1.54) is 17.4 Å². The molecular weight excluding hydrogens is 460 g/mol. The Bertz CT molecular complexity index is 919. The van der Waals surface area contributed by atoms with Gasteiger partial charge >= 0.3 is 0 Å². The summed E-state index contributed by atoms with van der Waals surface area (Å²) in [6.07, 6.45) is 0. The smallest absolute Gasteiger partial charge is 0.277 e. The number of carbonyl (C=O) groups excluding carboxylic acids is 1. The number of aliphatic hydroxyl groups is 1. The Labute approximate surface area is 160 Å². The van der Waals surface area contributed by atoms with Crippen molar-refractivity contribution in [2.24, 2.45) is 0 Å². The summed E-state index contributed by atoms with van der Waals surface area (Å²) >= 11 is 3.37. The highest BCUT2D eigenvalue weighted by molar-refractivity contribution is 14.1. The standard InChI is InChI=1S/C16H13FIN3O3S/c17-11-7-9(18)1-3-12(11)20-14-10(16(23)21-24-6-5-22)2-4-13-15(14)25-8-19-13/h1-4,7-8,20,22H,5-6H2,(H,21,23). The largest absolute Gasteiger partial charge is 0.394 e. The normalized spacial score (nSPS) is 10.8. The molecule has 9 heteroatoms. The minimum absolute atomic E-state index is 0.0247. The van der Waals surface area contributed by atoms with Crippen LogP contribution in [-0.4, -0.2) is 29.2 Å². The lowest BCUT2D eigenvalue weighted by molar-refractivity contribution is 0.0169. The van der Waals surface area contributed by atoms with E-state index < -0.39 is 11.7 Å². The van der Waals surface area contributed by atoms with E-state index in [-0.39, 0.29) is 24.5 Å². The lowest BCUT2D eigenvalue weighted by atomic mass is 10.1. The van der Waals surface area contributed by atoms with Gasteiger partial charge in [-0.2, -0.15) is 0 Å². The maximum absolute atomic E-state index is 14.2. The van der Waals surface area contributed by atoms with E-state index in [9.17, 15) is 9.18 Å². The molecule has 0 atom stereocenters. The molecule has 0 bridgehead atoms. The van der Waals surface area contributed by atoms with E-state index in [0.29, 0.717) is 11.2 Å². The van der Waals surface area contributed by atoms with Gasteiger partial charge in [0, 0.05) is 3.57 Å². The molecule has 3 rings (SSSR count). The number of thiazole rings is 1. The zero-order chi connectivity index (χ0) is 17.8. The molecule has 25 heavy (non-hydrogen) atoms. The lowest BCUT2D eigenvalue weighted by Crippen LogP contribution is -2.25. The minimum atomic E-state index is -0.503. The summed E-state index contributed by atoms with van der Waals surface area (Å²) in [6, 6.07) is 8.08. The Hall–Kier alpha value is -1.82. The summed E-state index contributed by atoms with van der Waals surface area (Å²) in [5.41, 5.74) is 5.60.